The van der Waals surface area contributed by atoms with Gasteiger partial charge in [0, 0.05) is 6.92 Å². The van der Waals surface area contributed by atoms with Crippen LogP contribution in [0.25, 0.3) is 0 Å². The van der Waals surface area contributed by atoms with Crippen molar-refractivity contribution in [2.75, 3.05) is 39.3 Å². The minimum atomic E-state index is 0.146. The van der Waals surface area contributed by atoms with Gasteiger partial charge in [-0.25, -0.2) is 0 Å². The summed E-state index contributed by atoms with van der Waals surface area (Å²) in [7, 11) is 0. The Labute approximate surface area is 97.0 Å². The van der Waals surface area contributed by atoms with Crippen LogP contribution in [0.1, 0.15) is 13.8 Å². The van der Waals surface area contributed by atoms with Crippen molar-refractivity contribution in [1.29, 1.82) is 0 Å². The van der Waals surface area contributed by atoms with Crippen molar-refractivity contribution < 1.29 is 14.6 Å². The molecule has 2 unspecified atom stereocenters. The fourth-order valence-corrected chi connectivity index (χ4v) is 4.43. The van der Waals surface area contributed by atoms with Crippen LogP contribution in [0, 0.1) is 11.3 Å². The molecule has 4 heteroatoms. The highest BCUT2D eigenvalue weighted by Crippen LogP contribution is 2.29. The normalized spacial score (nSPS) is 50.1. The number of amides is 1. The van der Waals surface area contributed by atoms with Crippen LogP contribution in [0.2, 0.25) is 0 Å². The monoisotopic (exact) mass is 225 g/mol. The molecule has 0 spiro atoms. The summed E-state index contributed by atoms with van der Waals surface area (Å²) in [5.74, 6) is 0.844. The highest BCUT2D eigenvalue weighted by atomic mass is 16.1. The smallest absolute Gasteiger partial charge is 0.217 e. The first-order valence-electron chi connectivity index (χ1n) is 6.51. The molecule has 90 valence electrons. The van der Waals surface area contributed by atoms with Crippen molar-refractivity contribution in [3.63, 3.8) is 0 Å². The van der Waals surface area contributed by atoms with Crippen LogP contribution in [-0.4, -0.2) is 51.2 Å². The molecule has 0 aromatic carbocycles. The van der Waals surface area contributed by atoms with Crippen LogP contribution in [0.5, 0.6) is 0 Å². The molecule has 0 aromatic heterocycles. The molecule has 4 nitrogen and oxygen atoms in total. The highest BCUT2D eigenvalue weighted by Gasteiger charge is 2.56. The maximum Gasteiger partial charge on any atom is 0.217 e. The lowest BCUT2D eigenvalue weighted by Crippen LogP contribution is -3.17. The number of piperidine rings is 2. The number of carbonyl (C=O) groups excluding carboxylic acids is 1. The molecule has 0 aromatic rings. The van der Waals surface area contributed by atoms with Crippen molar-refractivity contribution in [3.05, 3.63) is 0 Å². The molecular weight excluding hydrogens is 202 g/mol. The van der Waals surface area contributed by atoms with E-state index < -0.39 is 0 Å². The van der Waals surface area contributed by atoms with E-state index in [1.165, 1.54) is 39.3 Å². The van der Waals surface area contributed by atoms with Gasteiger partial charge in [-0.05, 0) is 6.92 Å². The molecule has 4 bridgehead atoms. The first kappa shape index (κ1) is 10.5. The maximum absolute atomic E-state index is 11.3. The SMILES string of the molecule is CC(=O)N[C@@H]1C2C[NH+]3CC[NH+](C2)CC1(C)C3. The predicted molar refractivity (Wildman–Crippen MR) is 60.3 cm³/mol. The van der Waals surface area contributed by atoms with Crippen LogP contribution >= 0.6 is 0 Å². The van der Waals surface area contributed by atoms with E-state index in [9.17, 15) is 4.79 Å². The molecule has 3 N–H and O–H groups in total. The second kappa shape index (κ2) is 3.44. The molecule has 0 saturated carbocycles. The van der Waals surface area contributed by atoms with E-state index in [-0.39, 0.29) is 5.91 Å². The zero-order valence-corrected chi connectivity index (χ0v) is 10.3. The quantitative estimate of drug-likeness (QED) is 0.435. The Hall–Kier alpha value is -0.610. The molecule has 1 amide bonds. The maximum atomic E-state index is 11.3. The lowest BCUT2D eigenvalue weighted by molar-refractivity contribution is -0.918. The summed E-state index contributed by atoms with van der Waals surface area (Å²) in [6.45, 7) is 11.7. The number of nitrogens with one attached hydrogen (secondary N) is 3. The summed E-state index contributed by atoms with van der Waals surface area (Å²) >= 11 is 0. The summed E-state index contributed by atoms with van der Waals surface area (Å²) in [6, 6.07) is 0.426. The Morgan fingerprint density at radius 3 is 2.25 bits per heavy atom. The number of hydrogen-bond acceptors (Lipinski definition) is 1. The summed E-state index contributed by atoms with van der Waals surface area (Å²) in [5, 5.41) is 3.23. The third-order valence-electron chi connectivity index (χ3n) is 4.82. The molecular formula is C12H23N3O+2. The van der Waals surface area contributed by atoms with Gasteiger partial charge in [-0.3, -0.25) is 4.79 Å². The first-order chi connectivity index (χ1) is 7.57. The van der Waals surface area contributed by atoms with E-state index in [1.807, 2.05) is 0 Å². The van der Waals surface area contributed by atoms with E-state index >= 15 is 0 Å². The summed E-state index contributed by atoms with van der Waals surface area (Å²) in [4.78, 5) is 14.9. The first-order valence-corrected chi connectivity index (χ1v) is 6.51. The summed E-state index contributed by atoms with van der Waals surface area (Å²) < 4.78 is 0. The van der Waals surface area contributed by atoms with Crippen LogP contribution in [0.4, 0.5) is 0 Å². The van der Waals surface area contributed by atoms with Crippen molar-refractivity contribution in [2.24, 2.45) is 11.3 Å². The Kier molecular flexibility index (Phi) is 2.27. The molecule has 16 heavy (non-hydrogen) atoms. The zero-order chi connectivity index (χ0) is 11.3. The number of carbonyl (C=O) groups is 1. The van der Waals surface area contributed by atoms with Gasteiger partial charge in [0.05, 0.1) is 43.6 Å². The average Bonchev–Trinajstić information content (AvgIpc) is 2.39. The fraction of sp³-hybridized carbons (Fsp3) is 0.917. The molecule has 4 aliphatic heterocycles. The lowest BCUT2D eigenvalue weighted by atomic mass is 9.69. The van der Waals surface area contributed by atoms with Crippen LogP contribution in [0.15, 0.2) is 0 Å². The minimum Gasteiger partial charge on any atom is -0.352 e. The van der Waals surface area contributed by atoms with Gasteiger partial charge >= 0.3 is 0 Å². The molecule has 4 aliphatic rings. The highest BCUT2D eigenvalue weighted by molar-refractivity contribution is 5.73. The molecule has 4 saturated heterocycles. The van der Waals surface area contributed by atoms with Crippen molar-refractivity contribution in [1.82, 2.24) is 5.32 Å². The Balaban J connectivity index is 1.89. The molecule has 4 fully saturated rings. The van der Waals surface area contributed by atoms with Gasteiger partial charge in [0.2, 0.25) is 5.91 Å². The van der Waals surface area contributed by atoms with Crippen molar-refractivity contribution >= 4 is 5.91 Å². The van der Waals surface area contributed by atoms with Gasteiger partial charge in [0.15, 0.2) is 0 Å². The van der Waals surface area contributed by atoms with Gasteiger partial charge in [0.25, 0.3) is 0 Å². The van der Waals surface area contributed by atoms with Crippen LogP contribution in [-0.2, 0) is 4.79 Å². The Bertz CT molecular complexity index is 301. The Morgan fingerprint density at radius 1 is 1.25 bits per heavy atom. The van der Waals surface area contributed by atoms with E-state index in [1.54, 1.807) is 16.7 Å². The van der Waals surface area contributed by atoms with Crippen LogP contribution < -0.4 is 15.1 Å². The fourth-order valence-electron chi connectivity index (χ4n) is 4.43. The number of quaternary nitrogens is 2. The van der Waals surface area contributed by atoms with Crippen molar-refractivity contribution in [2.45, 2.75) is 19.9 Å². The van der Waals surface area contributed by atoms with Gasteiger partial charge in [-0.1, -0.05) is 0 Å². The van der Waals surface area contributed by atoms with Gasteiger partial charge in [0.1, 0.15) is 13.1 Å². The van der Waals surface area contributed by atoms with E-state index in [0.29, 0.717) is 17.4 Å². The molecule has 4 rings (SSSR count). The molecule has 4 heterocycles. The molecule has 0 radical (unpaired) electrons. The largest absolute Gasteiger partial charge is 0.352 e. The van der Waals surface area contributed by atoms with Gasteiger partial charge in [-0.15, -0.1) is 0 Å². The van der Waals surface area contributed by atoms with Gasteiger partial charge in [-0.2, -0.15) is 0 Å². The zero-order valence-electron chi connectivity index (χ0n) is 10.3. The van der Waals surface area contributed by atoms with E-state index in [0.717, 1.165) is 0 Å². The second-order valence-corrected chi connectivity index (χ2v) is 6.35. The minimum absolute atomic E-state index is 0.146. The standard InChI is InChI=1S/C12H21N3O/c1-9(16)13-11-10-5-14-3-4-15(6-10)8-12(11,2)7-14/h10-11H,3-8H2,1-2H3,(H,13,16)/p+2/t10?,11-,12?/m1/s1. The van der Waals surface area contributed by atoms with E-state index in [4.69, 9.17) is 0 Å². The lowest BCUT2D eigenvalue weighted by Gasteiger charge is -2.49. The number of fused-ring (bicyclic) bond motifs is 1. The molecule has 0 aliphatic carbocycles. The summed E-state index contributed by atoms with van der Waals surface area (Å²) in [5.41, 5.74) is 0.327. The summed E-state index contributed by atoms with van der Waals surface area (Å²) in [6.07, 6.45) is 0. The second-order valence-electron chi connectivity index (χ2n) is 6.35. The Morgan fingerprint density at radius 2 is 1.81 bits per heavy atom. The number of rotatable bonds is 1. The topological polar surface area (TPSA) is 38.0 Å². The van der Waals surface area contributed by atoms with E-state index in [2.05, 4.69) is 12.2 Å². The predicted octanol–water partition coefficient (Wildman–Crippen LogP) is -3.08. The third-order valence-corrected chi connectivity index (χ3v) is 4.82. The third kappa shape index (κ3) is 1.55. The van der Waals surface area contributed by atoms with Crippen molar-refractivity contribution in [3.8, 4) is 0 Å². The number of hydrogen-bond donors (Lipinski definition) is 3. The molecule has 3 atom stereocenters. The average molecular weight is 225 g/mol. The van der Waals surface area contributed by atoms with Gasteiger partial charge < -0.3 is 15.1 Å². The van der Waals surface area contributed by atoms with Crippen LogP contribution in [0.3, 0.4) is 0 Å².